The molecule has 1 aromatic carbocycles. The number of piperidine rings is 1. The minimum Gasteiger partial charge on any atom is -0.497 e. The fourth-order valence-electron chi connectivity index (χ4n) is 3.57. The molecular formula is C20H22N4O2. The van der Waals surface area contributed by atoms with Crippen molar-refractivity contribution in [1.82, 2.24) is 19.5 Å². The molecule has 3 aromatic rings. The minimum absolute atomic E-state index is 0.0365. The van der Waals surface area contributed by atoms with Gasteiger partial charge in [-0.1, -0.05) is 12.1 Å². The van der Waals surface area contributed by atoms with E-state index in [1.807, 2.05) is 47.5 Å². The van der Waals surface area contributed by atoms with Gasteiger partial charge in [-0.15, -0.1) is 0 Å². The van der Waals surface area contributed by atoms with Crippen molar-refractivity contribution in [2.45, 2.75) is 31.7 Å². The Kier molecular flexibility index (Phi) is 4.56. The number of fused-ring (bicyclic) bond motifs is 1. The Morgan fingerprint density at radius 1 is 1.19 bits per heavy atom. The molecule has 1 fully saturated rings. The molecule has 1 aliphatic heterocycles. The van der Waals surface area contributed by atoms with Crippen LogP contribution in [-0.4, -0.2) is 39.1 Å². The average molecular weight is 350 g/mol. The molecule has 0 N–H and O–H groups in total. The lowest BCUT2D eigenvalue weighted by atomic mass is 9.98. The molecule has 0 saturated carbocycles. The molecule has 1 amide bonds. The number of aromatic nitrogens is 3. The fraction of sp³-hybridized carbons (Fsp3) is 0.350. The van der Waals surface area contributed by atoms with E-state index in [9.17, 15) is 4.79 Å². The summed E-state index contributed by atoms with van der Waals surface area (Å²) in [7, 11) is 1.64. The van der Waals surface area contributed by atoms with Gasteiger partial charge in [-0.2, -0.15) is 5.10 Å². The highest BCUT2D eigenvalue weighted by Gasteiger charge is 2.29. The first kappa shape index (κ1) is 16.6. The molecule has 1 aliphatic rings. The predicted molar refractivity (Wildman–Crippen MR) is 98.0 cm³/mol. The van der Waals surface area contributed by atoms with Gasteiger partial charge in [0.05, 0.1) is 31.5 Å². The maximum absolute atomic E-state index is 13.0. The first-order chi connectivity index (χ1) is 12.7. The van der Waals surface area contributed by atoms with Gasteiger partial charge in [0.15, 0.2) is 5.65 Å². The Morgan fingerprint density at radius 2 is 2.04 bits per heavy atom. The smallest absolute Gasteiger partial charge is 0.227 e. The van der Waals surface area contributed by atoms with Crippen molar-refractivity contribution in [1.29, 1.82) is 0 Å². The Labute approximate surface area is 152 Å². The summed E-state index contributed by atoms with van der Waals surface area (Å²) in [5, 5.41) is 4.19. The molecule has 134 valence electrons. The second-order valence-electron chi connectivity index (χ2n) is 6.61. The van der Waals surface area contributed by atoms with E-state index < -0.39 is 0 Å². The van der Waals surface area contributed by atoms with Crippen LogP contribution in [0.2, 0.25) is 0 Å². The Balaban J connectivity index is 1.54. The standard InChI is InChI=1S/C20H22N4O2/c1-26-16-7-5-15(6-8-16)14-20(25)23-12-3-2-4-18(23)17-10-13-24-19(22-17)9-11-21-24/h5-11,13,18H,2-4,12,14H2,1H3. The summed E-state index contributed by atoms with van der Waals surface area (Å²) >= 11 is 0. The summed E-state index contributed by atoms with van der Waals surface area (Å²) in [6.45, 7) is 0.784. The molecule has 6 nitrogen and oxygen atoms in total. The van der Waals surface area contributed by atoms with Crippen LogP contribution in [0.3, 0.4) is 0 Å². The van der Waals surface area contributed by atoms with Crippen molar-refractivity contribution >= 4 is 11.6 Å². The van der Waals surface area contributed by atoms with Crippen LogP contribution >= 0.6 is 0 Å². The number of carbonyl (C=O) groups excluding carboxylic acids is 1. The van der Waals surface area contributed by atoms with Crippen molar-refractivity contribution in [3.05, 3.63) is 60.0 Å². The molecule has 1 atom stereocenters. The second-order valence-corrected chi connectivity index (χ2v) is 6.61. The van der Waals surface area contributed by atoms with E-state index in [0.29, 0.717) is 6.42 Å². The van der Waals surface area contributed by atoms with E-state index in [4.69, 9.17) is 9.72 Å². The first-order valence-corrected chi connectivity index (χ1v) is 8.97. The monoisotopic (exact) mass is 350 g/mol. The number of rotatable bonds is 4. The van der Waals surface area contributed by atoms with Gasteiger partial charge < -0.3 is 9.64 Å². The largest absolute Gasteiger partial charge is 0.497 e. The Bertz CT molecular complexity index is 904. The lowest BCUT2D eigenvalue weighted by Crippen LogP contribution is -2.39. The van der Waals surface area contributed by atoms with Crippen LogP contribution in [0.1, 0.15) is 36.6 Å². The van der Waals surface area contributed by atoms with E-state index in [0.717, 1.165) is 48.5 Å². The highest BCUT2D eigenvalue weighted by atomic mass is 16.5. The third-order valence-corrected chi connectivity index (χ3v) is 4.96. The second kappa shape index (κ2) is 7.15. The molecular weight excluding hydrogens is 328 g/mol. The number of methoxy groups -OCH3 is 1. The van der Waals surface area contributed by atoms with Crippen molar-refractivity contribution < 1.29 is 9.53 Å². The highest BCUT2D eigenvalue weighted by Crippen LogP contribution is 2.30. The zero-order valence-electron chi connectivity index (χ0n) is 14.8. The van der Waals surface area contributed by atoms with Crippen LogP contribution in [0, 0.1) is 0 Å². The molecule has 1 saturated heterocycles. The normalized spacial score (nSPS) is 17.4. The summed E-state index contributed by atoms with van der Waals surface area (Å²) in [4.78, 5) is 19.7. The Morgan fingerprint density at radius 3 is 2.85 bits per heavy atom. The summed E-state index contributed by atoms with van der Waals surface area (Å²) in [6, 6.07) is 11.6. The number of likely N-dealkylation sites (tertiary alicyclic amines) is 1. The SMILES string of the molecule is COc1ccc(CC(=O)N2CCCCC2c2ccn3nccc3n2)cc1. The number of hydrogen-bond acceptors (Lipinski definition) is 4. The highest BCUT2D eigenvalue weighted by molar-refractivity contribution is 5.79. The van der Waals surface area contributed by atoms with Gasteiger partial charge in [0, 0.05) is 18.8 Å². The van der Waals surface area contributed by atoms with Gasteiger partial charge in [-0.25, -0.2) is 9.50 Å². The third-order valence-electron chi connectivity index (χ3n) is 4.96. The number of hydrogen-bond donors (Lipinski definition) is 0. The van der Waals surface area contributed by atoms with Crippen molar-refractivity contribution in [2.24, 2.45) is 0 Å². The molecule has 26 heavy (non-hydrogen) atoms. The van der Waals surface area contributed by atoms with Crippen LogP contribution in [0.15, 0.2) is 48.8 Å². The van der Waals surface area contributed by atoms with Crippen LogP contribution in [-0.2, 0) is 11.2 Å². The molecule has 0 spiro atoms. The summed E-state index contributed by atoms with van der Waals surface area (Å²) in [5.74, 6) is 0.949. The van der Waals surface area contributed by atoms with Gasteiger partial charge in [-0.05, 0) is 43.0 Å². The maximum Gasteiger partial charge on any atom is 0.227 e. The number of ether oxygens (including phenoxy) is 1. The lowest BCUT2D eigenvalue weighted by Gasteiger charge is -2.35. The summed E-state index contributed by atoms with van der Waals surface area (Å²) in [6.07, 6.45) is 7.15. The van der Waals surface area contributed by atoms with Gasteiger partial charge in [-0.3, -0.25) is 4.79 Å². The van der Waals surface area contributed by atoms with Crippen LogP contribution < -0.4 is 4.74 Å². The van der Waals surface area contributed by atoms with Crippen LogP contribution in [0.25, 0.3) is 5.65 Å². The topological polar surface area (TPSA) is 59.7 Å². The molecule has 0 aliphatic carbocycles. The molecule has 2 aromatic heterocycles. The van der Waals surface area contributed by atoms with E-state index >= 15 is 0 Å². The third kappa shape index (κ3) is 3.27. The summed E-state index contributed by atoms with van der Waals surface area (Å²) in [5.41, 5.74) is 2.76. The van der Waals surface area contributed by atoms with Crippen LogP contribution in [0.4, 0.5) is 0 Å². The fourth-order valence-corrected chi connectivity index (χ4v) is 3.57. The van der Waals surface area contributed by atoms with Gasteiger partial charge in [0.2, 0.25) is 5.91 Å². The van der Waals surface area contributed by atoms with Crippen molar-refractivity contribution in [3.63, 3.8) is 0 Å². The molecule has 0 bridgehead atoms. The van der Waals surface area contributed by atoms with Crippen molar-refractivity contribution in [3.8, 4) is 5.75 Å². The van der Waals surface area contributed by atoms with Crippen LogP contribution in [0.5, 0.6) is 5.75 Å². The predicted octanol–water partition coefficient (Wildman–Crippen LogP) is 3.03. The first-order valence-electron chi connectivity index (χ1n) is 8.97. The molecule has 4 rings (SSSR count). The molecule has 0 radical (unpaired) electrons. The summed E-state index contributed by atoms with van der Waals surface area (Å²) < 4.78 is 6.93. The zero-order valence-corrected chi connectivity index (χ0v) is 14.8. The minimum atomic E-state index is 0.0365. The number of nitrogens with zero attached hydrogens (tertiary/aromatic N) is 4. The Hall–Kier alpha value is -2.89. The molecule has 6 heteroatoms. The van der Waals surface area contributed by atoms with Gasteiger partial charge in [0.25, 0.3) is 0 Å². The molecule has 1 unspecified atom stereocenters. The molecule has 3 heterocycles. The number of amides is 1. The van der Waals surface area contributed by atoms with Gasteiger partial charge in [0.1, 0.15) is 5.75 Å². The van der Waals surface area contributed by atoms with E-state index in [2.05, 4.69) is 5.10 Å². The lowest BCUT2D eigenvalue weighted by molar-refractivity contribution is -0.134. The van der Waals surface area contributed by atoms with E-state index in [1.54, 1.807) is 17.8 Å². The number of benzene rings is 1. The maximum atomic E-state index is 13.0. The average Bonchev–Trinajstić information content (AvgIpc) is 3.16. The van der Waals surface area contributed by atoms with Gasteiger partial charge >= 0.3 is 0 Å². The number of carbonyl (C=O) groups is 1. The zero-order chi connectivity index (χ0) is 17.9. The van der Waals surface area contributed by atoms with E-state index in [-0.39, 0.29) is 11.9 Å². The van der Waals surface area contributed by atoms with E-state index in [1.165, 1.54) is 0 Å². The van der Waals surface area contributed by atoms with Crippen molar-refractivity contribution in [2.75, 3.05) is 13.7 Å². The quantitative estimate of drug-likeness (QED) is 0.726.